The van der Waals surface area contributed by atoms with Gasteiger partial charge in [-0.1, -0.05) is 0 Å². The highest BCUT2D eigenvalue weighted by Gasteiger charge is 2.09. The molecule has 0 aliphatic carbocycles. The molecule has 0 unspecified atom stereocenters. The van der Waals surface area contributed by atoms with Crippen molar-refractivity contribution in [3.8, 4) is 11.4 Å². The van der Waals surface area contributed by atoms with E-state index in [2.05, 4.69) is 25.3 Å². The van der Waals surface area contributed by atoms with Gasteiger partial charge in [0.15, 0.2) is 0 Å². The number of carbonyl (C=O) groups is 2. The highest BCUT2D eigenvalue weighted by atomic mass is 19.1. The third kappa shape index (κ3) is 3.92. The quantitative estimate of drug-likeness (QED) is 0.679. The van der Waals surface area contributed by atoms with Gasteiger partial charge in [-0.15, -0.1) is 0 Å². The molecule has 25 heavy (non-hydrogen) atoms. The molecule has 128 valence electrons. The first-order valence-electron chi connectivity index (χ1n) is 7.42. The third-order valence-corrected chi connectivity index (χ3v) is 3.46. The van der Waals surface area contributed by atoms with E-state index in [4.69, 9.17) is 0 Å². The number of imidazole rings is 1. The van der Waals surface area contributed by atoms with E-state index in [9.17, 15) is 14.0 Å². The van der Waals surface area contributed by atoms with Crippen LogP contribution in [0.15, 0.2) is 42.5 Å². The first-order valence-corrected chi connectivity index (χ1v) is 7.42. The molecule has 3 rings (SSSR count). The molecule has 0 saturated heterocycles. The van der Waals surface area contributed by atoms with Crippen molar-refractivity contribution in [3.05, 3.63) is 48.3 Å². The standard InChI is InChI=1S/C17H15FN4O3/c1-25-17(24)19-9-15(23)20-12-6-7-13-14(8-12)22-16(21-13)10-2-4-11(18)5-3-10/h2-8H,9H2,1H3,(H,19,24)(H,20,23)(H,21,22). The Hall–Kier alpha value is -3.42. The fourth-order valence-electron chi connectivity index (χ4n) is 2.26. The number of ether oxygens (including phenoxy) is 1. The lowest BCUT2D eigenvalue weighted by Crippen LogP contribution is -2.32. The number of alkyl carbamates (subject to hydrolysis) is 1. The minimum Gasteiger partial charge on any atom is -0.453 e. The van der Waals surface area contributed by atoms with Crippen LogP contribution in [0.4, 0.5) is 14.9 Å². The molecule has 0 spiro atoms. The van der Waals surface area contributed by atoms with Crippen LogP contribution in [0.25, 0.3) is 22.4 Å². The maximum atomic E-state index is 13.0. The van der Waals surface area contributed by atoms with E-state index in [1.807, 2.05) is 0 Å². The number of amides is 2. The summed E-state index contributed by atoms with van der Waals surface area (Å²) in [6.45, 7) is -0.200. The lowest BCUT2D eigenvalue weighted by Gasteiger charge is -2.06. The Morgan fingerprint density at radius 2 is 1.96 bits per heavy atom. The Labute approximate surface area is 142 Å². The second-order valence-corrected chi connectivity index (χ2v) is 5.22. The Morgan fingerprint density at radius 3 is 2.68 bits per heavy atom. The van der Waals surface area contributed by atoms with Crippen molar-refractivity contribution in [1.29, 1.82) is 0 Å². The molecule has 7 nitrogen and oxygen atoms in total. The zero-order chi connectivity index (χ0) is 17.8. The van der Waals surface area contributed by atoms with Crippen LogP contribution in [0.5, 0.6) is 0 Å². The predicted octanol–water partition coefficient (Wildman–Crippen LogP) is 2.66. The number of nitrogens with one attached hydrogen (secondary N) is 3. The molecule has 0 aliphatic rings. The van der Waals surface area contributed by atoms with Gasteiger partial charge in [0.25, 0.3) is 0 Å². The van der Waals surface area contributed by atoms with Gasteiger partial charge < -0.3 is 20.4 Å². The van der Waals surface area contributed by atoms with Crippen molar-refractivity contribution in [2.75, 3.05) is 19.0 Å². The van der Waals surface area contributed by atoms with Crippen LogP contribution in [0, 0.1) is 5.82 Å². The fourth-order valence-corrected chi connectivity index (χ4v) is 2.26. The third-order valence-electron chi connectivity index (χ3n) is 3.46. The number of methoxy groups -OCH3 is 1. The molecule has 0 saturated carbocycles. The lowest BCUT2D eigenvalue weighted by molar-refractivity contribution is -0.115. The van der Waals surface area contributed by atoms with Crippen LogP contribution in [-0.2, 0) is 9.53 Å². The minimum absolute atomic E-state index is 0.200. The molecule has 0 radical (unpaired) electrons. The van der Waals surface area contributed by atoms with Crippen molar-refractivity contribution in [2.24, 2.45) is 0 Å². The molecule has 0 bridgehead atoms. The lowest BCUT2D eigenvalue weighted by atomic mass is 10.2. The summed E-state index contributed by atoms with van der Waals surface area (Å²) in [4.78, 5) is 30.3. The number of halogens is 1. The summed E-state index contributed by atoms with van der Waals surface area (Å²) >= 11 is 0. The SMILES string of the molecule is COC(=O)NCC(=O)Nc1ccc2nc(-c3ccc(F)cc3)[nH]c2c1. The van der Waals surface area contributed by atoms with Gasteiger partial charge in [-0.3, -0.25) is 4.79 Å². The Morgan fingerprint density at radius 1 is 1.20 bits per heavy atom. The molecule has 0 fully saturated rings. The fraction of sp³-hybridized carbons (Fsp3) is 0.118. The Bertz CT molecular complexity index is 921. The van der Waals surface area contributed by atoms with Crippen LogP contribution in [0.1, 0.15) is 0 Å². The van der Waals surface area contributed by atoms with Gasteiger partial charge in [0.05, 0.1) is 18.1 Å². The summed E-state index contributed by atoms with van der Waals surface area (Å²) in [5.74, 6) is -0.0979. The zero-order valence-electron chi connectivity index (χ0n) is 13.3. The average Bonchev–Trinajstić information content (AvgIpc) is 3.03. The molecular formula is C17H15FN4O3. The predicted molar refractivity (Wildman–Crippen MR) is 90.5 cm³/mol. The smallest absolute Gasteiger partial charge is 0.407 e. The van der Waals surface area contributed by atoms with E-state index in [0.717, 1.165) is 11.1 Å². The summed E-state index contributed by atoms with van der Waals surface area (Å²) in [5.41, 5.74) is 2.74. The minimum atomic E-state index is -0.678. The van der Waals surface area contributed by atoms with Gasteiger partial charge in [-0.25, -0.2) is 14.2 Å². The molecule has 1 heterocycles. The normalized spacial score (nSPS) is 10.5. The summed E-state index contributed by atoms with van der Waals surface area (Å²) in [6.07, 6.45) is -0.678. The summed E-state index contributed by atoms with van der Waals surface area (Å²) in [5, 5.41) is 4.96. The van der Waals surface area contributed by atoms with Gasteiger partial charge in [-0.05, 0) is 42.5 Å². The highest BCUT2D eigenvalue weighted by Crippen LogP contribution is 2.23. The van der Waals surface area contributed by atoms with Gasteiger partial charge in [-0.2, -0.15) is 0 Å². The molecule has 2 aromatic carbocycles. The van der Waals surface area contributed by atoms with E-state index in [1.165, 1.54) is 19.2 Å². The van der Waals surface area contributed by atoms with Crippen LogP contribution >= 0.6 is 0 Å². The van der Waals surface area contributed by atoms with Gasteiger partial charge in [0, 0.05) is 11.3 Å². The molecule has 1 aromatic heterocycles. The summed E-state index contributed by atoms with van der Waals surface area (Å²) < 4.78 is 17.4. The Kier molecular flexibility index (Phi) is 4.60. The largest absolute Gasteiger partial charge is 0.453 e. The molecule has 2 amide bonds. The molecule has 3 N–H and O–H groups in total. The molecule has 3 aromatic rings. The molecule has 0 atom stereocenters. The first-order chi connectivity index (χ1) is 12.0. The number of carbonyl (C=O) groups excluding carboxylic acids is 2. The van der Waals surface area contributed by atoms with Crippen molar-refractivity contribution in [2.45, 2.75) is 0 Å². The molecular weight excluding hydrogens is 327 g/mol. The summed E-state index contributed by atoms with van der Waals surface area (Å²) in [6, 6.07) is 11.2. The van der Waals surface area contributed by atoms with Crippen LogP contribution < -0.4 is 10.6 Å². The topological polar surface area (TPSA) is 96.1 Å². The number of benzene rings is 2. The van der Waals surface area contributed by atoms with Crippen molar-refractivity contribution in [3.63, 3.8) is 0 Å². The number of aromatic nitrogens is 2. The van der Waals surface area contributed by atoms with Crippen molar-refractivity contribution >= 4 is 28.7 Å². The number of hydrogen-bond donors (Lipinski definition) is 3. The number of rotatable bonds is 4. The monoisotopic (exact) mass is 342 g/mol. The maximum Gasteiger partial charge on any atom is 0.407 e. The Balaban J connectivity index is 1.75. The van der Waals surface area contributed by atoms with Crippen LogP contribution in [0.3, 0.4) is 0 Å². The summed E-state index contributed by atoms with van der Waals surface area (Å²) in [7, 11) is 1.22. The average molecular weight is 342 g/mol. The van der Waals surface area contributed by atoms with Crippen LogP contribution in [-0.4, -0.2) is 35.6 Å². The number of anilines is 1. The van der Waals surface area contributed by atoms with E-state index in [0.29, 0.717) is 17.0 Å². The van der Waals surface area contributed by atoms with E-state index >= 15 is 0 Å². The second kappa shape index (κ2) is 7.00. The van der Waals surface area contributed by atoms with Crippen LogP contribution in [0.2, 0.25) is 0 Å². The van der Waals surface area contributed by atoms with E-state index in [-0.39, 0.29) is 18.3 Å². The number of nitrogens with zero attached hydrogens (tertiary/aromatic N) is 1. The number of hydrogen-bond acceptors (Lipinski definition) is 4. The van der Waals surface area contributed by atoms with E-state index in [1.54, 1.807) is 30.3 Å². The molecule has 8 heteroatoms. The number of H-pyrrole nitrogens is 1. The van der Waals surface area contributed by atoms with Crippen molar-refractivity contribution in [1.82, 2.24) is 15.3 Å². The first kappa shape index (κ1) is 16.4. The van der Waals surface area contributed by atoms with Crippen molar-refractivity contribution < 1.29 is 18.7 Å². The van der Waals surface area contributed by atoms with Gasteiger partial charge >= 0.3 is 6.09 Å². The van der Waals surface area contributed by atoms with Gasteiger partial charge in [0.1, 0.15) is 18.2 Å². The molecule has 0 aliphatic heterocycles. The van der Waals surface area contributed by atoms with Gasteiger partial charge in [0.2, 0.25) is 5.91 Å². The maximum absolute atomic E-state index is 13.0. The zero-order valence-corrected chi connectivity index (χ0v) is 13.3. The number of fused-ring (bicyclic) bond motifs is 1. The van der Waals surface area contributed by atoms with E-state index < -0.39 is 6.09 Å². The number of aromatic amines is 1. The second-order valence-electron chi connectivity index (χ2n) is 5.22. The highest BCUT2D eigenvalue weighted by molar-refractivity contribution is 5.95.